The summed E-state index contributed by atoms with van der Waals surface area (Å²) < 4.78 is 33.6. The standard InChI is InChI=1S/C22H21ClN2O4S/c1-16-7-8-17(15-21(16)30(27,28)25-19-5-3-2-4-6-19)22(26)24-13-14-29-20-11-9-18(23)10-12-20/h2-12,15,25H,13-14H2,1H3,(H,24,26). The summed E-state index contributed by atoms with van der Waals surface area (Å²) in [6.07, 6.45) is 0. The predicted molar refractivity (Wildman–Crippen MR) is 118 cm³/mol. The van der Waals surface area contributed by atoms with Gasteiger partial charge in [-0.15, -0.1) is 0 Å². The zero-order chi connectivity index (χ0) is 21.6. The number of hydrogen-bond donors (Lipinski definition) is 2. The number of hydrogen-bond acceptors (Lipinski definition) is 4. The van der Waals surface area contributed by atoms with Gasteiger partial charge in [0.05, 0.1) is 11.4 Å². The normalized spacial score (nSPS) is 11.0. The molecule has 0 aliphatic heterocycles. The third-order valence-corrected chi connectivity index (χ3v) is 6.01. The quantitative estimate of drug-likeness (QED) is 0.508. The fourth-order valence-electron chi connectivity index (χ4n) is 2.71. The Morgan fingerprint density at radius 3 is 2.40 bits per heavy atom. The fourth-order valence-corrected chi connectivity index (χ4v) is 4.17. The van der Waals surface area contributed by atoms with Crippen LogP contribution in [0.4, 0.5) is 5.69 Å². The van der Waals surface area contributed by atoms with E-state index in [1.807, 2.05) is 0 Å². The second-order valence-corrected chi connectivity index (χ2v) is 8.60. The second-order valence-electron chi connectivity index (χ2n) is 6.51. The summed E-state index contributed by atoms with van der Waals surface area (Å²) >= 11 is 5.82. The van der Waals surface area contributed by atoms with Gasteiger partial charge >= 0.3 is 0 Å². The summed E-state index contributed by atoms with van der Waals surface area (Å²) in [7, 11) is -3.83. The van der Waals surface area contributed by atoms with E-state index in [2.05, 4.69) is 10.0 Å². The van der Waals surface area contributed by atoms with Gasteiger partial charge in [0, 0.05) is 16.3 Å². The highest BCUT2D eigenvalue weighted by atomic mass is 35.5. The number of amides is 1. The number of nitrogens with one attached hydrogen (secondary N) is 2. The number of carbonyl (C=O) groups excluding carboxylic acids is 1. The second kappa shape index (κ2) is 9.65. The molecule has 0 fully saturated rings. The van der Waals surface area contributed by atoms with E-state index in [1.54, 1.807) is 73.7 Å². The van der Waals surface area contributed by atoms with Crippen LogP contribution in [-0.4, -0.2) is 27.5 Å². The van der Waals surface area contributed by atoms with Gasteiger partial charge in [-0.05, 0) is 61.0 Å². The van der Waals surface area contributed by atoms with E-state index in [0.717, 1.165) is 0 Å². The SMILES string of the molecule is Cc1ccc(C(=O)NCCOc2ccc(Cl)cc2)cc1S(=O)(=O)Nc1ccccc1. The molecule has 8 heteroatoms. The van der Waals surface area contributed by atoms with Gasteiger partial charge in [-0.1, -0.05) is 35.9 Å². The first-order chi connectivity index (χ1) is 14.3. The van der Waals surface area contributed by atoms with Crippen LogP contribution in [0.15, 0.2) is 77.7 Å². The Balaban J connectivity index is 1.63. The van der Waals surface area contributed by atoms with E-state index in [4.69, 9.17) is 16.3 Å². The highest BCUT2D eigenvalue weighted by Crippen LogP contribution is 2.21. The summed E-state index contributed by atoms with van der Waals surface area (Å²) in [5.41, 5.74) is 1.24. The van der Waals surface area contributed by atoms with E-state index in [0.29, 0.717) is 22.0 Å². The third kappa shape index (κ3) is 5.75. The molecule has 0 saturated carbocycles. The molecule has 0 aliphatic rings. The Morgan fingerprint density at radius 1 is 1.00 bits per heavy atom. The van der Waals surface area contributed by atoms with Gasteiger partial charge < -0.3 is 10.1 Å². The van der Waals surface area contributed by atoms with Crippen LogP contribution in [0.1, 0.15) is 15.9 Å². The van der Waals surface area contributed by atoms with Crippen LogP contribution >= 0.6 is 11.6 Å². The minimum absolute atomic E-state index is 0.0522. The minimum atomic E-state index is -3.83. The number of sulfonamides is 1. The van der Waals surface area contributed by atoms with Crippen LogP contribution in [-0.2, 0) is 10.0 Å². The van der Waals surface area contributed by atoms with Crippen LogP contribution in [0.3, 0.4) is 0 Å². The molecule has 156 valence electrons. The van der Waals surface area contributed by atoms with Crippen molar-refractivity contribution in [1.82, 2.24) is 5.32 Å². The molecule has 2 N–H and O–H groups in total. The van der Waals surface area contributed by atoms with Crippen molar-refractivity contribution in [3.05, 3.63) is 88.9 Å². The third-order valence-electron chi connectivity index (χ3n) is 4.24. The molecule has 0 radical (unpaired) electrons. The van der Waals surface area contributed by atoms with Crippen molar-refractivity contribution in [2.75, 3.05) is 17.9 Å². The van der Waals surface area contributed by atoms with Gasteiger partial charge in [0.25, 0.3) is 15.9 Å². The van der Waals surface area contributed by atoms with Gasteiger partial charge in [0.1, 0.15) is 12.4 Å². The first kappa shape index (κ1) is 21.7. The van der Waals surface area contributed by atoms with Crippen LogP contribution < -0.4 is 14.8 Å². The number of halogens is 1. The number of anilines is 1. The Hall–Kier alpha value is -3.03. The summed E-state index contributed by atoms with van der Waals surface area (Å²) in [5.74, 6) is 0.259. The lowest BCUT2D eigenvalue weighted by Gasteiger charge is -2.12. The van der Waals surface area contributed by atoms with E-state index < -0.39 is 10.0 Å². The monoisotopic (exact) mass is 444 g/mol. The largest absolute Gasteiger partial charge is 0.492 e. The van der Waals surface area contributed by atoms with Crippen molar-refractivity contribution in [3.63, 3.8) is 0 Å². The molecule has 0 aliphatic carbocycles. The fraction of sp³-hybridized carbons (Fsp3) is 0.136. The minimum Gasteiger partial charge on any atom is -0.492 e. The first-order valence-corrected chi connectivity index (χ1v) is 11.1. The van der Waals surface area contributed by atoms with Crippen LogP contribution in [0.2, 0.25) is 5.02 Å². The van der Waals surface area contributed by atoms with Crippen LogP contribution in [0.25, 0.3) is 0 Å². The molecule has 3 rings (SSSR count). The lowest BCUT2D eigenvalue weighted by atomic mass is 10.1. The average molecular weight is 445 g/mol. The molecular weight excluding hydrogens is 424 g/mol. The van der Waals surface area contributed by atoms with Crippen molar-refractivity contribution in [1.29, 1.82) is 0 Å². The number of carbonyl (C=O) groups is 1. The van der Waals surface area contributed by atoms with Crippen LogP contribution in [0, 0.1) is 6.92 Å². The molecule has 0 heterocycles. The summed E-state index contributed by atoms with van der Waals surface area (Å²) in [6.45, 7) is 2.21. The van der Waals surface area contributed by atoms with Gasteiger partial charge in [0.15, 0.2) is 0 Å². The van der Waals surface area contributed by atoms with Crippen molar-refractivity contribution in [3.8, 4) is 5.75 Å². The highest BCUT2D eigenvalue weighted by molar-refractivity contribution is 7.92. The van der Waals surface area contributed by atoms with E-state index in [1.165, 1.54) is 6.07 Å². The average Bonchev–Trinajstić information content (AvgIpc) is 2.73. The maximum Gasteiger partial charge on any atom is 0.262 e. The smallest absolute Gasteiger partial charge is 0.262 e. The lowest BCUT2D eigenvalue weighted by Crippen LogP contribution is -2.28. The Kier molecular flexibility index (Phi) is 6.97. The van der Waals surface area contributed by atoms with Gasteiger partial charge in [-0.3, -0.25) is 9.52 Å². The molecule has 1 amide bonds. The maximum atomic E-state index is 12.8. The van der Waals surface area contributed by atoms with Crippen LogP contribution in [0.5, 0.6) is 5.75 Å². The molecule has 0 bridgehead atoms. The summed E-state index contributed by atoms with van der Waals surface area (Å²) in [5, 5.41) is 3.34. The van der Waals surface area contributed by atoms with Crippen molar-refractivity contribution in [2.24, 2.45) is 0 Å². The number of aryl methyl sites for hydroxylation is 1. The highest BCUT2D eigenvalue weighted by Gasteiger charge is 2.19. The zero-order valence-corrected chi connectivity index (χ0v) is 17.8. The Labute approximate surface area is 180 Å². The van der Waals surface area contributed by atoms with E-state index in [9.17, 15) is 13.2 Å². The molecule has 0 atom stereocenters. The van der Waals surface area contributed by atoms with Crippen molar-refractivity contribution >= 4 is 33.2 Å². The molecule has 3 aromatic rings. The number of para-hydroxylation sites is 1. The van der Waals surface area contributed by atoms with Crippen molar-refractivity contribution < 1.29 is 17.9 Å². The van der Waals surface area contributed by atoms with E-state index >= 15 is 0 Å². The summed E-state index contributed by atoms with van der Waals surface area (Å²) in [6, 6.07) is 20.1. The maximum absolute atomic E-state index is 12.8. The predicted octanol–water partition coefficient (Wildman–Crippen LogP) is 4.26. The number of ether oxygens (including phenoxy) is 1. The Bertz CT molecular complexity index is 1120. The molecule has 6 nitrogen and oxygen atoms in total. The number of benzene rings is 3. The zero-order valence-electron chi connectivity index (χ0n) is 16.3. The van der Waals surface area contributed by atoms with Gasteiger partial charge in [0.2, 0.25) is 0 Å². The Morgan fingerprint density at radius 2 is 1.70 bits per heavy atom. The van der Waals surface area contributed by atoms with Crippen molar-refractivity contribution in [2.45, 2.75) is 11.8 Å². The molecule has 0 spiro atoms. The van der Waals surface area contributed by atoms with Gasteiger partial charge in [-0.25, -0.2) is 8.42 Å². The molecule has 30 heavy (non-hydrogen) atoms. The topological polar surface area (TPSA) is 84.5 Å². The molecule has 0 aromatic heterocycles. The van der Waals surface area contributed by atoms with Gasteiger partial charge in [-0.2, -0.15) is 0 Å². The summed E-state index contributed by atoms with van der Waals surface area (Å²) in [4.78, 5) is 12.5. The molecular formula is C22H21ClN2O4S. The lowest BCUT2D eigenvalue weighted by molar-refractivity contribution is 0.0947. The molecule has 0 saturated heterocycles. The van der Waals surface area contributed by atoms with E-state index in [-0.39, 0.29) is 29.5 Å². The number of rotatable bonds is 8. The first-order valence-electron chi connectivity index (χ1n) is 9.20. The molecule has 3 aromatic carbocycles. The molecule has 0 unspecified atom stereocenters.